The molecule has 2 aromatic carbocycles. The molecule has 11 heteroatoms. The van der Waals surface area contributed by atoms with Gasteiger partial charge < -0.3 is 14.4 Å². The van der Waals surface area contributed by atoms with E-state index in [0.29, 0.717) is 42.5 Å². The largest absolute Gasteiger partial charge is 0.497 e. The van der Waals surface area contributed by atoms with Gasteiger partial charge in [0.2, 0.25) is 10.0 Å². The number of hydrogen-bond donors (Lipinski definition) is 0. The Morgan fingerprint density at radius 2 is 1.63 bits per heavy atom. The Kier molecular flexibility index (Phi) is 6.37. The molecule has 0 N–H and O–H groups in total. The van der Waals surface area contributed by atoms with E-state index in [2.05, 4.69) is 10.00 Å². The van der Waals surface area contributed by atoms with Crippen molar-refractivity contribution in [3.63, 3.8) is 0 Å². The zero-order valence-electron chi connectivity index (χ0n) is 19.5. The van der Waals surface area contributed by atoms with Crippen molar-refractivity contribution < 1.29 is 17.9 Å². The number of rotatable bonds is 7. The van der Waals surface area contributed by atoms with Gasteiger partial charge in [-0.3, -0.25) is 0 Å². The van der Waals surface area contributed by atoms with Crippen molar-refractivity contribution in [2.45, 2.75) is 11.5 Å². The van der Waals surface area contributed by atoms with Crippen LogP contribution < -0.4 is 9.64 Å². The van der Waals surface area contributed by atoms with Crippen molar-refractivity contribution in [2.75, 3.05) is 45.3 Å². The van der Waals surface area contributed by atoms with Gasteiger partial charge in [-0.2, -0.15) is 9.40 Å². The summed E-state index contributed by atoms with van der Waals surface area (Å²) >= 11 is 0. The van der Waals surface area contributed by atoms with E-state index >= 15 is 0 Å². The lowest BCUT2D eigenvalue weighted by Crippen LogP contribution is -2.49. The van der Waals surface area contributed by atoms with Crippen molar-refractivity contribution in [1.82, 2.24) is 24.1 Å². The van der Waals surface area contributed by atoms with Gasteiger partial charge in [-0.15, -0.1) is 0 Å². The first-order valence-corrected chi connectivity index (χ1v) is 12.6. The third kappa shape index (κ3) is 4.45. The molecule has 0 spiro atoms. The van der Waals surface area contributed by atoms with Gasteiger partial charge in [-0.05, 0) is 36.4 Å². The number of methoxy groups -OCH3 is 2. The van der Waals surface area contributed by atoms with Crippen LogP contribution in [-0.2, 0) is 21.4 Å². The zero-order valence-corrected chi connectivity index (χ0v) is 20.4. The number of aromatic nitrogens is 4. The monoisotopic (exact) mass is 494 g/mol. The van der Waals surface area contributed by atoms with E-state index < -0.39 is 10.0 Å². The minimum absolute atomic E-state index is 0.249. The van der Waals surface area contributed by atoms with Crippen molar-refractivity contribution in [2.24, 2.45) is 0 Å². The Balaban J connectivity index is 1.46. The van der Waals surface area contributed by atoms with Crippen LogP contribution in [0.4, 0.5) is 5.82 Å². The minimum atomic E-state index is -3.54. The molecular weight excluding hydrogens is 468 g/mol. The van der Waals surface area contributed by atoms with Gasteiger partial charge in [-0.1, -0.05) is 18.2 Å². The Hall–Kier alpha value is -3.54. The van der Waals surface area contributed by atoms with Gasteiger partial charge in [0.05, 0.1) is 29.3 Å². The van der Waals surface area contributed by atoms with Crippen molar-refractivity contribution in [1.29, 1.82) is 0 Å². The average Bonchev–Trinajstić information content (AvgIpc) is 3.33. The lowest BCUT2D eigenvalue weighted by atomic mass is 10.3. The molecule has 0 radical (unpaired) electrons. The van der Waals surface area contributed by atoms with Crippen LogP contribution in [0.2, 0.25) is 0 Å². The van der Waals surface area contributed by atoms with Crippen molar-refractivity contribution in [3.8, 4) is 11.4 Å². The smallest absolute Gasteiger partial charge is 0.243 e. The Labute approximate surface area is 203 Å². The van der Waals surface area contributed by atoms with Crippen molar-refractivity contribution in [3.05, 3.63) is 66.6 Å². The lowest BCUT2D eigenvalue weighted by molar-refractivity contribution is 0.178. The second-order valence-electron chi connectivity index (χ2n) is 8.09. The highest BCUT2D eigenvalue weighted by molar-refractivity contribution is 7.89. The van der Waals surface area contributed by atoms with E-state index in [1.54, 1.807) is 55.4 Å². The summed E-state index contributed by atoms with van der Waals surface area (Å²) in [7, 11) is -0.314. The van der Waals surface area contributed by atoms with E-state index in [0.717, 1.165) is 22.6 Å². The zero-order chi connectivity index (χ0) is 24.4. The first-order chi connectivity index (χ1) is 17.0. The van der Waals surface area contributed by atoms with Crippen LogP contribution in [0, 0.1) is 0 Å². The quantitative estimate of drug-likeness (QED) is 0.386. The molecule has 0 bridgehead atoms. The van der Waals surface area contributed by atoms with E-state index in [1.165, 1.54) is 4.31 Å². The molecular formula is C24H26N6O4S. The van der Waals surface area contributed by atoms with E-state index in [9.17, 15) is 8.42 Å². The number of hydrogen-bond acceptors (Lipinski definition) is 8. The second-order valence-corrected chi connectivity index (χ2v) is 10.0. The molecule has 0 atom stereocenters. The molecule has 3 heterocycles. The summed E-state index contributed by atoms with van der Waals surface area (Å²) in [6.07, 6.45) is 1.75. The van der Waals surface area contributed by atoms with Crippen LogP contribution >= 0.6 is 0 Å². The molecule has 182 valence electrons. The highest BCUT2D eigenvalue weighted by atomic mass is 32.2. The fourth-order valence-corrected chi connectivity index (χ4v) is 5.61. The number of ether oxygens (including phenoxy) is 2. The maximum Gasteiger partial charge on any atom is 0.243 e. The molecule has 0 amide bonds. The molecule has 1 saturated heterocycles. The first-order valence-electron chi connectivity index (χ1n) is 11.2. The highest BCUT2D eigenvalue weighted by Crippen LogP contribution is 2.28. The Morgan fingerprint density at radius 3 is 2.29 bits per heavy atom. The third-order valence-electron chi connectivity index (χ3n) is 5.96. The molecule has 0 unspecified atom stereocenters. The number of anilines is 1. The fraction of sp³-hybridized carbons (Fsp3) is 0.292. The maximum absolute atomic E-state index is 13.0. The third-order valence-corrected chi connectivity index (χ3v) is 7.88. The summed E-state index contributed by atoms with van der Waals surface area (Å²) in [6.45, 7) is 1.96. The summed E-state index contributed by atoms with van der Waals surface area (Å²) in [6, 6.07) is 16.1. The predicted octanol–water partition coefficient (Wildman–Crippen LogP) is 2.48. The fourth-order valence-electron chi connectivity index (χ4n) is 4.17. The lowest BCUT2D eigenvalue weighted by Gasteiger charge is -2.35. The molecule has 0 aliphatic carbocycles. The van der Waals surface area contributed by atoms with E-state index in [1.807, 2.05) is 24.3 Å². The standard InChI is InChI=1S/C24H26N6O4S/c1-33-17-22-26-23(21-16-25-30(24(21)27-22)18-8-10-19(34-2)11-9-18)28-12-14-29(15-13-28)35(31,32)20-6-4-3-5-7-20/h3-11,16H,12-15,17H2,1-2H3. The molecule has 1 aliphatic heterocycles. The van der Waals surface area contributed by atoms with Crippen molar-refractivity contribution >= 4 is 26.9 Å². The minimum Gasteiger partial charge on any atom is -0.497 e. The average molecular weight is 495 g/mol. The van der Waals surface area contributed by atoms with Gasteiger partial charge in [0.15, 0.2) is 11.5 Å². The molecule has 4 aromatic rings. The van der Waals surface area contributed by atoms with Gasteiger partial charge in [0.1, 0.15) is 18.2 Å². The number of sulfonamides is 1. The highest BCUT2D eigenvalue weighted by Gasteiger charge is 2.30. The van der Waals surface area contributed by atoms with Crippen LogP contribution in [-0.4, -0.2) is 72.9 Å². The van der Waals surface area contributed by atoms with Gasteiger partial charge in [0.25, 0.3) is 0 Å². The number of nitrogens with zero attached hydrogens (tertiary/aromatic N) is 6. The molecule has 2 aromatic heterocycles. The van der Waals surface area contributed by atoms with E-state index in [4.69, 9.17) is 19.4 Å². The number of benzene rings is 2. The summed E-state index contributed by atoms with van der Waals surface area (Å²) < 4.78 is 39.9. The van der Waals surface area contributed by atoms with Crippen LogP contribution in [0.25, 0.3) is 16.7 Å². The molecule has 1 aliphatic rings. The van der Waals surface area contributed by atoms with Crippen LogP contribution in [0.15, 0.2) is 65.7 Å². The molecule has 0 saturated carbocycles. The van der Waals surface area contributed by atoms with Gasteiger partial charge in [-0.25, -0.2) is 23.1 Å². The normalized spacial score (nSPS) is 15.0. The number of piperazine rings is 1. The van der Waals surface area contributed by atoms with Gasteiger partial charge >= 0.3 is 0 Å². The summed E-state index contributed by atoms with van der Waals surface area (Å²) in [5.41, 5.74) is 1.50. The Morgan fingerprint density at radius 1 is 0.914 bits per heavy atom. The molecule has 5 rings (SSSR count). The summed E-state index contributed by atoms with van der Waals surface area (Å²) in [5.74, 6) is 2.01. The summed E-state index contributed by atoms with van der Waals surface area (Å²) in [4.78, 5) is 11.8. The van der Waals surface area contributed by atoms with Crippen LogP contribution in [0.3, 0.4) is 0 Å². The number of fused-ring (bicyclic) bond motifs is 1. The first kappa shape index (κ1) is 23.2. The summed E-state index contributed by atoms with van der Waals surface area (Å²) in [5, 5.41) is 5.36. The van der Waals surface area contributed by atoms with Gasteiger partial charge in [0, 0.05) is 33.3 Å². The molecule has 35 heavy (non-hydrogen) atoms. The van der Waals surface area contributed by atoms with Crippen LogP contribution in [0.1, 0.15) is 5.82 Å². The predicted molar refractivity (Wildman–Crippen MR) is 131 cm³/mol. The second kappa shape index (κ2) is 9.61. The maximum atomic E-state index is 13.0. The topological polar surface area (TPSA) is 103 Å². The SMILES string of the molecule is COCc1nc(N2CCN(S(=O)(=O)c3ccccc3)CC2)c2cnn(-c3ccc(OC)cc3)c2n1. The van der Waals surface area contributed by atoms with E-state index in [-0.39, 0.29) is 6.61 Å². The molecule has 1 fully saturated rings. The van der Waals surface area contributed by atoms with Crippen LogP contribution in [0.5, 0.6) is 5.75 Å². The molecule has 10 nitrogen and oxygen atoms in total. The Bertz CT molecular complexity index is 1420.